The number of rotatable bonds is 7. The Morgan fingerprint density at radius 1 is 1.13 bits per heavy atom. The minimum atomic E-state index is -3.34. The average molecular weight is 446 g/mol. The third-order valence-corrected chi connectivity index (χ3v) is 7.11. The van der Waals surface area contributed by atoms with Gasteiger partial charge in [0.1, 0.15) is 11.6 Å². The summed E-state index contributed by atoms with van der Waals surface area (Å²) < 4.78 is 32.8. The predicted molar refractivity (Wildman–Crippen MR) is 121 cm³/mol. The molecule has 0 bridgehead atoms. The van der Waals surface area contributed by atoms with Crippen molar-refractivity contribution in [3.63, 3.8) is 0 Å². The topological polar surface area (TPSA) is 91.8 Å². The van der Waals surface area contributed by atoms with E-state index in [1.165, 1.54) is 17.9 Å². The standard InChI is InChI=1S/C23H31N3O4S/c1-31(28,29)25-21-12-14-26(23-15-19(27)11-13-24-23)22(21)16-30-20-9-7-18(8-10-20)17-5-3-2-4-6-17/h2-6,11,13,15,18,20-22,25H,7-10,12,14,16H2,1H3,(H,24,27)/t18-,20+,21-,22-/m0/s1. The molecule has 2 aliphatic rings. The van der Waals surface area contributed by atoms with E-state index in [1.54, 1.807) is 12.3 Å². The summed E-state index contributed by atoms with van der Waals surface area (Å²) >= 11 is 0. The molecule has 1 saturated carbocycles. The Labute approximate surface area is 184 Å². The van der Waals surface area contributed by atoms with Crippen LogP contribution in [0.2, 0.25) is 0 Å². The lowest BCUT2D eigenvalue weighted by atomic mass is 9.83. The first kappa shape index (κ1) is 22.0. The first-order valence-corrected chi connectivity index (χ1v) is 12.8. The van der Waals surface area contributed by atoms with E-state index in [0.29, 0.717) is 31.3 Å². The summed E-state index contributed by atoms with van der Waals surface area (Å²) in [4.78, 5) is 6.41. The van der Waals surface area contributed by atoms with Crippen molar-refractivity contribution >= 4 is 15.8 Å². The van der Waals surface area contributed by atoms with Crippen molar-refractivity contribution in [1.29, 1.82) is 0 Å². The van der Waals surface area contributed by atoms with Crippen LogP contribution in [0.5, 0.6) is 5.75 Å². The fraction of sp³-hybridized carbons (Fsp3) is 0.522. The molecule has 168 valence electrons. The number of nitrogens with one attached hydrogen (secondary N) is 1. The van der Waals surface area contributed by atoms with Gasteiger partial charge in [-0.25, -0.2) is 18.1 Å². The quantitative estimate of drug-likeness (QED) is 0.681. The van der Waals surface area contributed by atoms with Crippen molar-refractivity contribution in [2.24, 2.45) is 0 Å². The van der Waals surface area contributed by atoms with Crippen LogP contribution in [-0.4, -0.2) is 56.1 Å². The largest absolute Gasteiger partial charge is 0.508 e. The molecule has 1 aromatic heterocycles. The van der Waals surface area contributed by atoms with E-state index in [9.17, 15) is 13.5 Å². The zero-order valence-electron chi connectivity index (χ0n) is 17.9. The lowest BCUT2D eigenvalue weighted by molar-refractivity contribution is 0.0156. The molecule has 0 unspecified atom stereocenters. The second-order valence-corrected chi connectivity index (χ2v) is 10.4. The summed E-state index contributed by atoms with van der Waals surface area (Å²) in [6.45, 7) is 1.07. The number of ether oxygens (including phenoxy) is 1. The monoisotopic (exact) mass is 445 g/mol. The molecule has 0 amide bonds. The SMILES string of the molecule is CS(=O)(=O)N[C@H]1CCN(c2cc(O)ccn2)[C@H]1CO[C@H]1CC[C@@H](c2ccccc2)CC1. The van der Waals surface area contributed by atoms with E-state index in [-0.39, 0.29) is 23.9 Å². The van der Waals surface area contributed by atoms with Crippen LogP contribution in [0.15, 0.2) is 48.7 Å². The molecular weight excluding hydrogens is 414 g/mol. The minimum Gasteiger partial charge on any atom is -0.508 e. The number of aromatic hydroxyl groups is 1. The molecule has 2 N–H and O–H groups in total. The van der Waals surface area contributed by atoms with Gasteiger partial charge in [-0.1, -0.05) is 30.3 Å². The van der Waals surface area contributed by atoms with Crippen molar-refractivity contribution in [3.8, 4) is 5.75 Å². The highest BCUT2D eigenvalue weighted by atomic mass is 32.2. The summed E-state index contributed by atoms with van der Waals surface area (Å²) in [6.07, 6.45) is 7.79. The molecule has 1 aliphatic heterocycles. The van der Waals surface area contributed by atoms with E-state index in [2.05, 4.69) is 34.0 Å². The summed E-state index contributed by atoms with van der Waals surface area (Å²) in [7, 11) is -3.34. The number of sulfonamides is 1. The fourth-order valence-corrected chi connectivity index (χ4v) is 5.67. The van der Waals surface area contributed by atoms with Gasteiger partial charge >= 0.3 is 0 Å². The molecule has 0 spiro atoms. The second-order valence-electron chi connectivity index (χ2n) is 8.64. The van der Waals surface area contributed by atoms with Crippen molar-refractivity contribution in [3.05, 3.63) is 54.2 Å². The van der Waals surface area contributed by atoms with Crippen LogP contribution in [0, 0.1) is 0 Å². The van der Waals surface area contributed by atoms with Crippen LogP contribution in [0.25, 0.3) is 0 Å². The Balaban J connectivity index is 1.39. The molecule has 31 heavy (non-hydrogen) atoms. The molecular formula is C23H31N3O4S. The predicted octanol–water partition coefficient (Wildman–Crippen LogP) is 3.03. The molecule has 2 atom stereocenters. The van der Waals surface area contributed by atoms with Gasteiger partial charge in [0.05, 0.1) is 25.0 Å². The molecule has 2 aromatic rings. The van der Waals surface area contributed by atoms with Crippen LogP contribution in [0.3, 0.4) is 0 Å². The van der Waals surface area contributed by atoms with Gasteiger partial charge in [0, 0.05) is 24.8 Å². The summed E-state index contributed by atoms with van der Waals surface area (Å²) in [5.74, 6) is 1.36. The zero-order valence-corrected chi connectivity index (χ0v) is 18.7. The third-order valence-electron chi connectivity index (χ3n) is 6.38. The lowest BCUT2D eigenvalue weighted by Crippen LogP contribution is -2.48. The number of hydrogen-bond acceptors (Lipinski definition) is 6. The summed E-state index contributed by atoms with van der Waals surface area (Å²) in [5.41, 5.74) is 1.40. The Hall–Kier alpha value is -2.16. The van der Waals surface area contributed by atoms with E-state index < -0.39 is 10.0 Å². The van der Waals surface area contributed by atoms with Crippen molar-refractivity contribution in [2.45, 2.75) is 56.2 Å². The number of pyridine rings is 1. The number of hydrogen-bond donors (Lipinski definition) is 2. The lowest BCUT2D eigenvalue weighted by Gasteiger charge is -2.33. The molecule has 7 nitrogen and oxygen atoms in total. The molecule has 0 radical (unpaired) electrons. The van der Waals surface area contributed by atoms with Crippen molar-refractivity contribution in [2.75, 3.05) is 24.3 Å². The molecule has 1 saturated heterocycles. The van der Waals surface area contributed by atoms with E-state index in [0.717, 1.165) is 25.7 Å². The van der Waals surface area contributed by atoms with Gasteiger partial charge in [0.2, 0.25) is 10.0 Å². The fourth-order valence-electron chi connectivity index (χ4n) is 4.84. The Kier molecular flexibility index (Phi) is 6.79. The number of aromatic nitrogens is 1. The van der Waals surface area contributed by atoms with E-state index in [1.807, 2.05) is 11.0 Å². The minimum absolute atomic E-state index is 0.142. The van der Waals surface area contributed by atoms with Crippen LogP contribution < -0.4 is 9.62 Å². The highest BCUT2D eigenvalue weighted by Gasteiger charge is 2.37. The molecule has 1 aromatic carbocycles. The smallest absolute Gasteiger partial charge is 0.209 e. The van der Waals surface area contributed by atoms with Crippen LogP contribution in [-0.2, 0) is 14.8 Å². The molecule has 8 heteroatoms. The molecule has 2 fully saturated rings. The maximum absolute atomic E-state index is 11.9. The highest BCUT2D eigenvalue weighted by Crippen LogP contribution is 2.34. The van der Waals surface area contributed by atoms with Gasteiger partial charge in [-0.3, -0.25) is 0 Å². The van der Waals surface area contributed by atoms with Crippen LogP contribution >= 0.6 is 0 Å². The second kappa shape index (κ2) is 9.54. The van der Waals surface area contributed by atoms with Gasteiger partial charge in [0.15, 0.2) is 0 Å². The van der Waals surface area contributed by atoms with Gasteiger partial charge in [-0.2, -0.15) is 0 Å². The van der Waals surface area contributed by atoms with Crippen molar-refractivity contribution < 1.29 is 18.3 Å². The molecule has 2 heterocycles. The maximum Gasteiger partial charge on any atom is 0.209 e. The Bertz CT molecular complexity index is 962. The zero-order chi connectivity index (χ0) is 21.8. The number of anilines is 1. The van der Waals surface area contributed by atoms with E-state index in [4.69, 9.17) is 4.74 Å². The first-order valence-electron chi connectivity index (χ1n) is 10.9. The van der Waals surface area contributed by atoms with E-state index >= 15 is 0 Å². The van der Waals surface area contributed by atoms with Crippen LogP contribution in [0.4, 0.5) is 5.82 Å². The Morgan fingerprint density at radius 3 is 2.55 bits per heavy atom. The highest BCUT2D eigenvalue weighted by molar-refractivity contribution is 7.88. The number of nitrogens with zero attached hydrogens (tertiary/aromatic N) is 2. The Morgan fingerprint density at radius 2 is 1.87 bits per heavy atom. The van der Waals surface area contributed by atoms with Gasteiger partial charge in [-0.05, 0) is 49.7 Å². The number of benzene rings is 1. The van der Waals surface area contributed by atoms with Gasteiger partial charge in [-0.15, -0.1) is 0 Å². The normalized spacial score (nSPS) is 26.8. The maximum atomic E-state index is 11.9. The summed E-state index contributed by atoms with van der Waals surface area (Å²) in [6, 6.07) is 13.4. The van der Waals surface area contributed by atoms with Crippen molar-refractivity contribution in [1.82, 2.24) is 9.71 Å². The van der Waals surface area contributed by atoms with Gasteiger partial charge < -0.3 is 14.7 Å². The third kappa shape index (κ3) is 5.75. The van der Waals surface area contributed by atoms with Gasteiger partial charge in [0.25, 0.3) is 0 Å². The average Bonchev–Trinajstić information content (AvgIpc) is 3.14. The van der Waals surface area contributed by atoms with Crippen LogP contribution in [0.1, 0.15) is 43.6 Å². The molecule has 4 rings (SSSR count). The molecule has 1 aliphatic carbocycles. The summed E-state index contributed by atoms with van der Waals surface area (Å²) in [5, 5.41) is 9.86. The first-order chi connectivity index (χ1) is 14.9.